The molecule has 1 aromatic heterocycles. The summed E-state index contributed by atoms with van der Waals surface area (Å²) < 4.78 is 59.5. The van der Waals surface area contributed by atoms with Crippen LogP contribution in [0.2, 0.25) is 0 Å². The molecule has 128 valence electrons. The van der Waals surface area contributed by atoms with Gasteiger partial charge in [-0.25, -0.2) is 13.1 Å². The topological polar surface area (TPSA) is 120 Å². The van der Waals surface area contributed by atoms with E-state index in [0.29, 0.717) is 18.1 Å². The lowest BCUT2D eigenvalue weighted by Crippen LogP contribution is -2.32. The number of sulfone groups is 1. The Bertz CT molecular complexity index is 878. The van der Waals surface area contributed by atoms with Crippen molar-refractivity contribution in [3.63, 3.8) is 0 Å². The number of carbonyl (C=O) groups is 1. The first-order valence-electron chi connectivity index (χ1n) is 6.36. The van der Waals surface area contributed by atoms with Gasteiger partial charge >= 0.3 is 0 Å². The van der Waals surface area contributed by atoms with E-state index in [1.165, 1.54) is 18.7 Å². The average molecular weight is 381 g/mol. The van der Waals surface area contributed by atoms with E-state index in [4.69, 9.17) is 9.15 Å². The predicted octanol–water partition coefficient (Wildman–Crippen LogP) is 0.791. The van der Waals surface area contributed by atoms with Gasteiger partial charge in [0.1, 0.15) is 21.3 Å². The second-order valence-corrected chi connectivity index (χ2v) is 9.48. The molecule has 1 aromatic rings. The van der Waals surface area contributed by atoms with E-state index in [0.717, 1.165) is 12.3 Å². The maximum atomic E-state index is 12.2. The summed E-state index contributed by atoms with van der Waals surface area (Å²) in [6, 6.07) is 0.881. The minimum atomic E-state index is -4.33. The van der Waals surface area contributed by atoms with Crippen molar-refractivity contribution in [2.24, 2.45) is 0 Å². The number of hydrogen-bond acceptors (Lipinski definition) is 8. The second kappa shape index (κ2) is 6.21. The Morgan fingerprint density at radius 2 is 1.91 bits per heavy atom. The molecule has 1 aliphatic heterocycles. The Hall–Kier alpha value is -1.46. The van der Waals surface area contributed by atoms with E-state index in [1.54, 1.807) is 6.92 Å². The third-order valence-corrected chi connectivity index (χ3v) is 6.44. The van der Waals surface area contributed by atoms with Crippen LogP contribution in [-0.4, -0.2) is 41.4 Å². The SMILES string of the molecule is CC1=C(C(=O)NS(=O)(=O)c2cc(S(C)(=O)=O)c(C)o2)SCCO1. The Labute approximate surface area is 138 Å². The smallest absolute Gasteiger partial charge is 0.297 e. The Morgan fingerprint density at radius 1 is 1.26 bits per heavy atom. The van der Waals surface area contributed by atoms with E-state index in [9.17, 15) is 21.6 Å². The van der Waals surface area contributed by atoms with Crippen molar-refractivity contribution in [1.82, 2.24) is 4.72 Å². The summed E-state index contributed by atoms with van der Waals surface area (Å²) in [5, 5.41) is -0.635. The molecule has 0 aromatic carbocycles. The lowest BCUT2D eigenvalue weighted by Gasteiger charge is -2.17. The number of sulfonamides is 1. The van der Waals surface area contributed by atoms with Crippen LogP contribution in [0, 0.1) is 6.92 Å². The van der Waals surface area contributed by atoms with Crippen molar-refractivity contribution in [2.45, 2.75) is 23.8 Å². The number of nitrogens with one attached hydrogen (secondary N) is 1. The molecule has 0 aliphatic carbocycles. The normalized spacial score (nSPS) is 16.1. The molecule has 0 saturated carbocycles. The molecule has 0 bridgehead atoms. The van der Waals surface area contributed by atoms with Crippen LogP contribution >= 0.6 is 11.8 Å². The summed E-state index contributed by atoms with van der Waals surface area (Å²) >= 11 is 1.18. The largest absolute Gasteiger partial charge is 0.496 e. The molecule has 0 unspecified atom stereocenters. The van der Waals surface area contributed by atoms with Gasteiger partial charge in [0.05, 0.1) is 6.61 Å². The Morgan fingerprint density at radius 3 is 2.43 bits per heavy atom. The van der Waals surface area contributed by atoms with Crippen LogP contribution in [0.1, 0.15) is 12.7 Å². The third kappa shape index (κ3) is 3.90. The van der Waals surface area contributed by atoms with Crippen molar-refractivity contribution in [1.29, 1.82) is 0 Å². The van der Waals surface area contributed by atoms with Gasteiger partial charge < -0.3 is 9.15 Å². The standard InChI is InChI=1S/C12H15NO7S3/c1-7-9(22(3,15)16)6-10(20-7)23(17,18)13-12(14)11-8(2)19-4-5-21-11/h6H,4-5H2,1-3H3,(H,13,14). The minimum Gasteiger partial charge on any atom is -0.496 e. The molecular formula is C12H15NO7S3. The van der Waals surface area contributed by atoms with Crippen molar-refractivity contribution < 1.29 is 30.8 Å². The molecule has 0 atom stereocenters. The summed E-state index contributed by atoms with van der Waals surface area (Å²) in [6.45, 7) is 3.33. The summed E-state index contributed by atoms with van der Waals surface area (Å²) in [5.41, 5.74) is 0. The van der Waals surface area contributed by atoms with Gasteiger partial charge in [0.25, 0.3) is 15.9 Å². The van der Waals surface area contributed by atoms with Gasteiger partial charge in [0, 0.05) is 18.1 Å². The molecule has 11 heteroatoms. The molecule has 0 saturated heterocycles. The van der Waals surface area contributed by atoms with Crippen molar-refractivity contribution in [2.75, 3.05) is 18.6 Å². The number of allylic oxidation sites excluding steroid dienone is 1. The fourth-order valence-electron chi connectivity index (χ4n) is 1.89. The quantitative estimate of drug-likeness (QED) is 0.813. The second-order valence-electron chi connectivity index (χ2n) is 4.77. The lowest BCUT2D eigenvalue weighted by atomic mass is 10.4. The fourth-order valence-corrected chi connectivity index (χ4v) is 4.68. The molecule has 8 nitrogen and oxygen atoms in total. The van der Waals surface area contributed by atoms with Crippen molar-refractivity contribution >= 4 is 37.5 Å². The molecule has 1 N–H and O–H groups in total. The number of rotatable bonds is 4. The molecule has 2 heterocycles. The van der Waals surface area contributed by atoms with Gasteiger partial charge in [-0.1, -0.05) is 0 Å². The zero-order valence-electron chi connectivity index (χ0n) is 12.6. The van der Waals surface area contributed by atoms with Gasteiger partial charge in [0.15, 0.2) is 9.84 Å². The number of thioether (sulfide) groups is 1. The van der Waals surface area contributed by atoms with E-state index < -0.39 is 30.9 Å². The van der Waals surface area contributed by atoms with Crippen molar-refractivity contribution in [3.05, 3.63) is 22.5 Å². The number of amides is 1. The number of furan rings is 1. The van der Waals surface area contributed by atoms with Gasteiger partial charge in [-0.3, -0.25) is 4.79 Å². The van der Waals surface area contributed by atoms with Crippen LogP contribution < -0.4 is 4.72 Å². The molecule has 23 heavy (non-hydrogen) atoms. The first-order valence-corrected chi connectivity index (χ1v) is 10.7. The number of ether oxygens (including phenoxy) is 1. The third-order valence-electron chi connectivity index (χ3n) is 2.92. The Balaban J connectivity index is 2.31. The highest BCUT2D eigenvalue weighted by Gasteiger charge is 2.29. The predicted molar refractivity (Wildman–Crippen MR) is 83.0 cm³/mol. The highest BCUT2D eigenvalue weighted by molar-refractivity contribution is 8.04. The first-order chi connectivity index (χ1) is 10.5. The molecule has 0 radical (unpaired) electrons. The van der Waals surface area contributed by atoms with Crippen LogP contribution in [0.3, 0.4) is 0 Å². The maximum absolute atomic E-state index is 12.2. The summed E-state index contributed by atoms with van der Waals surface area (Å²) in [7, 11) is -7.96. The van der Waals surface area contributed by atoms with E-state index >= 15 is 0 Å². The van der Waals surface area contributed by atoms with Gasteiger partial charge in [-0.15, -0.1) is 11.8 Å². The Kier molecular flexibility index (Phi) is 4.83. The highest BCUT2D eigenvalue weighted by atomic mass is 32.2. The molecule has 0 fully saturated rings. The van der Waals surface area contributed by atoms with Crippen LogP contribution in [0.4, 0.5) is 0 Å². The molecule has 0 spiro atoms. The molecule has 1 aliphatic rings. The zero-order chi connectivity index (χ0) is 17.4. The van der Waals surface area contributed by atoms with Crippen LogP contribution in [0.15, 0.2) is 31.1 Å². The summed E-state index contributed by atoms with van der Waals surface area (Å²) in [6.07, 6.45) is 0.935. The van der Waals surface area contributed by atoms with Crippen LogP contribution in [0.5, 0.6) is 0 Å². The maximum Gasteiger partial charge on any atom is 0.297 e. The number of aryl methyl sites for hydroxylation is 1. The lowest BCUT2D eigenvalue weighted by molar-refractivity contribution is -0.115. The molecule has 1 amide bonds. The number of carbonyl (C=O) groups excluding carboxylic acids is 1. The van der Waals surface area contributed by atoms with Gasteiger partial charge in [-0.2, -0.15) is 8.42 Å². The zero-order valence-corrected chi connectivity index (χ0v) is 15.0. The highest BCUT2D eigenvalue weighted by Crippen LogP contribution is 2.27. The van der Waals surface area contributed by atoms with Crippen LogP contribution in [-0.2, 0) is 29.4 Å². The van der Waals surface area contributed by atoms with E-state index in [2.05, 4.69) is 0 Å². The van der Waals surface area contributed by atoms with Crippen LogP contribution in [0.25, 0.3) is 0 Å². The van der Waals surface area contributed by atoms with Gasteiger partial charge in [0.2, 0.25) is 5.09 Å². The first kappa shape index (κ1) is 17.9. The van der Waals surface area contributed by atoms with E-state index in [1.807, 2.05) is 4.72 Å². The molecule has 2 rings (SSSR count). The fraction of sp³-hybridized carbons (Fsp3) is 0.417. The van der Waals surface area contributed by atoms with E-state index in [-0.39, 0.29) is 15.6 Å². The minimum absolute atomic E-state index is 0.0638. The summed E-state index contributed by atoms with van der Waals surface area (Å²) in [5.74, 6) is -0.0484. The van der Waals surface area contributed by atoms with Crippen molar-refractivity contribution in [3.8, 4) is 0 Å². The average Bonchev–Trinajstić information content (AvgIpc) is 2.81. The monoisotopic (exact) mass is 381 g/mol. The number of hydrogen-bond donors (Lipinski definition) is 1. The summed E-state index contributed by atoms with van der Waals surface area (Å²) in [4.78, 5) is 12.0. The molecular weight excluding hydrogens is 366 g/mol. The van der Waals surface area contributed by atoms with Gasteiger partial charge in [-0.05, 0) is 13.8 Å².